The molecule has 0 amide bonds. The second-order valence-electron chi connectivity index (χ2n) is 11.2. The van der Waals surface area contributed by atoms with E-state index >= 15 is 0 Å². The lowest BCUT2D eigenvalue weighted by Crippen LogP contribution is -2.48. The van der Waals surface area contributed by atoms with Crippen LogP contribution < -0.4 is 5.32 Å². The van der Waals surface area contributed by atoms with E-state index in [0.717, 1.165) is 50.8 Å². The van der Waals surface area contributed by atoms with Gasteiger partial charge in [-0.05, 0) is 55.3 Å². The normalized spacial score (nSPS) is 15.6. The number of hydrogen-bond acceptors (Lipinski definition) is 5. The molecule has 2 N–H and O–H groups in total. The molecule has 4 aromatic rings. The number of aliphatic hydroxyl groups is 1. The zero-order valence-corrected chi connectivity index (χ0v) is 24.5. The van der Waals surface area contributed by atoms with Crippen LogP contribution in [0.3, 0.4) is 0 Å². The first-order valence-electron chi connectivity index (χ1n) is 14.9. The summed E-state index contributed by atoms with van der Waals surface area (Å²) in [6.07, 6.45) is -4.80. The Morgan fingerprint density at radius 3 is 2.00 bits per heavy atom. The highest BCUT2D eigenvalue weighted by molar-refractivity contribution is 5.61. The molecule has 0 spiro atoms. The van der Waals surface area contributed by atoms with Gasteiger partial charge in [0.1, 0.15) is 5.69 Å². The summed E-state index contributed by atoms with van der Waals surface area (Å²) >= 11 is 0. The summed E-state index contributed by atoms with van der Waals surface area (Å²) in [4.78, 5) is 8.83. The van der Waals surface area contributed by atoms with E-state index in [9.17, 15) is 18.3 Å². The highest BCUT2D eigenvalue weighted by atomic mass is 19.4. The lowest BCUT2D eigenvalue weighted by molar-refractivity contribution is -0.141. The van der Waals surface area contributed by atoms with Crippen molar-refractivity contribution in [1.29, 1.82) is 0 Å². The van der Waals surface area contributed by atoms with Crippen LogP contribution in [-0.4, -0.2) is 65.7 Å². The predicted octanol–water partition coefficient (Wildman–Crippen LogP) is 6.50. The van der Waals surface area contributed by atoms with Crippen LogP contribution in [0.1, 0.15) is 46.5 Å². The summed E-state index contributed by atoms with van der Waals surface area (Å²) in [5.41, 5.74) is 3.58. The van der Waals surface area contributed by atoms with Crippen molar-refractivity contribution in [3.63, 3.8) is 0 Å². The fraction of sp³-hybridized carbons (Fsp3) is 0.343. The van der Waals surface area contributed by atoms with Gasteiger partial charge in [-0.25, -0.2) is 4.98 Å². The maximum Gasteiger partial charge on any atom is 0.433 e. The molecule has 3 aromatic carbocycles. The van der Waals surface area contributed by atoms with Gasteiger partial charge in [0.05, 0.1) is 17.8 Å². The Morgan fingerprint density at radius 2 is 1.42 bits per heavy atom. The third-order valence-electron chi connectivity index (χ3n) is 8.04. The maximum atomic E-state index is 13.6. The summed E-state index contributed by atoms with van der Waals surface area (Å²) in [7, 11) is 0. The summed E-state index contributed by atoms with van der Waals surface area (Å²) in [6.45, 7) is 7.53. The largest absolute Gasteiger partial charge is 0.433 e. The first kappa shape index (κ1) is 30.9. The van der Waals surface area contributed by atoms with Gasteiger partial charge in [0.25, 0.3) is 0 Å². The van der Waals surface area contributed by atoms with Crippen molar-refractivity contribution in [3.8, 4) is 11.3 Å². The van der Waals surface area contributed by atoms with Crippen molar-refractivity contribution < 1.29 is 18.3 Å². The number of aliphatic hydroxyl groups excluding tert-OH is 1. The van der Waals surface area contributed by atoms with Crippen molar-refractivity contribution in [2.24, 2.45) is 0 Å². The third kappa shape index (κ3) is 8.30. The minimum absolute atomic E-state index is 0.165. The monoisotopic (exact) mass is 588 g/mol. The molecule has 226 valence electrons. The number of piperazine rings is 1. The molecule has 2 heterocycles. The number of alkyl halides is 3. The number of benzene rings is 3. The summed E-state index contributed by atoms with van der Waals surface area (Å²) in [5.74, 6) is 0. The average molecular weight is 589 g/mol. The topological polar surface area (TPSA) is 51.6 Å². The molecule has 1 aliphatic heterocycles. The Morgan fingerprint density at radius 1 is 0.814 bits per heavy atom. The van der Waals surface area contributed by atoms with Crippen molar-refractivity contribution in [3.05, 3.63) is 125 Å². The van der Waals surface area contributed by atoms with Gasteiger partial charge in [0.2, 0.25) is 0 Å². The minimum atomic E-state index is -4.60. The molecule has 1 aliphatic rings. The SMILES string of the molecule is Cc1ccc(-c2cc([C@H](O)CNCCCN3CCN(C(c4ccccc4)c4ccccc4)CC3)cc(C(F)(F)F)n2)cc1. The lowest BCUT2D eigenvalue weighted by atomic mass is 9.96. The maximum absolute atomic E-state index is 13.6. The number of aryl methyl sites for hydroxylation is 1. The Hall–Kier alpha value is -3.56. The van der Waals surface area contributed by atoms with E-state index in [1.807, 2.05) is 19.1 Å². The minimum Gasteiger partial charge on any atom is -0.387 e. The van der Waals surface area contributed by atoms with E-state index in [4.69, 9.17) is 0 Å². The van der Waals surface area contributed by atoms with Crippen LogP contribution in [0.2, 0.25) is 0 Å². The first-order valence-corrected chi connectivity index (χ1v) is 14.9. The quantitative estimate of drug-likeness (QED) is 0.196. The molecule has 0 saturated carbocycles. The molecule has 1 fully saturated rings. The molecule has 0 unspecified atom stereocenters. The van der Waals surface area contributed by atoms with Crippen molar-refractivity contribution in [2.75, 3.05) is 45.8 Å². The van der Waals surface area contributed by atoms with Gasteiger partial charge in [-0.3, -0.25) is 4.90 Å². The van der Waals surface area contributed by atoms with E-state index in [-0.39, 0.29) is 23.8 Å². The molecule has 1 atom stereocenters. The van der Waals surface area contributed by atoms with Crippen molar-refractivity contribution in [1.82, 2.24) is 20.1 Å². The Bertz CT molecular complexity index is 1380. The van der Waals surface area contributed by atoms with Crippen LogP contribution in [0.5, 0.6) is 0 Å². The number of hydrogen-bond donors (Lipinski definition) is 2. The summed E-state index contributed by atoms with van der Waals surface area (Å²) in [6, 6.07) is 31.2. The number of pyridine rings is 1. The van der Waals surface area contributed by atoms with Crippen molar-refractivity contribution in [2.45, 2.75) is 31.7 Å². The first-order chi connectivity index (χ1) is 20.8. The standard InChI is InChI=1S/C35H39F3N4O/c1-26-13-15-27(16-14-26)31-23-30(24-33(40-31)35(36,37)38)32(43)25-39-17-8-18-41-19-21-42(22-20-41)34(28-9-4-2-5-10-28)29-11-6-3-7-12-29/h2-7,9-16,23-24,32,34,39,43H,8,17-22,25H2,1H3/t32-/m1/s1. The summed E-state index contributed by atoms with van der Waals surface area (Å²) in [5, 5.41) is 14.0. The molecule has 1 saturated heterocycles. The highest BCUT2D eigenvalue weighted by Crippen LogP contribution is 2.33. The molecule has 8 heteroatoms. The highest BCUT2D eigenvalue weighted by Gasteiger charge is 2.34. The van der Waals surface area contributed by atoms with Crippen LogP contribution >= 0.6 is 0 Å². The molecule has 5 nitrogen and oxygen atoms in total. The van der Waals surface area contributed by atoms with Gasteiger partial charge in [-0.15, -0.1) is 0 Å². The summed E-state index contributed by atoms with van der Waals surface area (Å²) < 4.78 is 40.8. The van der Waals surface area contributed by atoms with Gasteiger partial charge < -0.3 is 15.3 Å². The molecule has 0 radical (unpaired) electrons. The number of nitrogens with zero attached hydrogens (tertiary/aromatic N) is 3. The second kappa shape index (κ2) is 14.3. The second-order valence-corrected chi connectivity index (χ2v) is 11.2. The van der Waals surface area contributed by atoms with Crippen LogP contribution in [-0.2, 0) is 6.18 Å². The fourth-order valence-electron chi connectivity index (χ4n) is 5.68. The van der Waals surface area contributed by atoms with E-state index in [0.29, 0.717) is 12.1 Å². The third-order valence-corrected chi connectivity index (χ3v) is 8.04. The van der Waals surface area contributed by atoms with Gasteiger partial charge in [-0.2, -0.15) is 13.2 Å². The molecular weight excluding hydrogens is 549 g/mol. The lowest BCUT2D eigenvalue weighted by Gasteiger charge is -2.40. The average Bonchev–Trinajstić information content (AvgIpc) is 3.02. The molecule has 5 rings (SSSR count). The van der Waals surface area contributed by atoms with E-state index in [1.165, 1.54) is 11.1 Å². The Balaban J connectivity index is 1.11. The van der Waals surface area contributed by atoms with Crippen LogP contribution in [0, 0.1) is 6.92 Å². The number of rotatable bonds is 11. The van der Waals surface area contributed by atoms with E-state index < -0.39 is 18.0 Å². The van der Waals surface area contributed by atoms with Crippen LogP contribution in [0.15, 0.2) is 97.1 Å². The molecule has 0 aliphatic carbocycles. The van der Waals surface area contributed by atoms with Gasteiger partial charge >= 0.3 is 6.18 Å². The number of aromatic nitrogens is 1. The van der Waals surface area contributed by atoms with Gasteiger partial charge in [-0.1, -0.05) is 90.5 Å². The molecule has 43 heavy (non-hydrogen) atoms. The predicted molar refractivity (Wildman–Crippen MR) is 165 cm³/mol. The van der Waals surface area contributed by atoms with Crippen molar-refractivity contribution >= 4 is 0 Å². The zero-order valence-electron chi connectivity index (χ0n) is 24.5. The van der Waals surface area contributed by atoms with E-state index in [2.05, 4.69) is 80.8 Å². The molecule has 1 aromatic heterocycles. The zero-order chi connectivity index (χ0) is 30.2. The molecule has 0 bridgehead atoms. The Labute approximate surface area is 252 Å². The molecular formula is C35H39F3N4O. The number of halogens is 3. The van der Waals surface area contributed by atoms with Gasteiger partial charge in [0.15, 0.2) is 0 Å². The van der Waals surface area contributed by atoms with Crippen LogP contribution in [0.4, 0.5) is 13.2 Å². The van der Waals surface area contributed by atoms with Gasteiger partial charge in [0, 0.05) is 38.3 Å². The van der Waals surface area contributed by atoms with Crippen LogP contribution in [0.25, 0.3) is 11.3 Å². The Kier molecular flexibility index (Phi) is 10.3. The van der Waals surface area contributed by atoms with E-state index in [1.54, 1.807) is 18.2 Å². The smallest absolute Gasteiger partial charge is 0.387 e. The fourth-order valence-corrected chi connectivity index (χ4v) is 5.68. The number of nitrogens with one attached hydrogen (secondary N) is 1.